The zero-order valence-electron chi connectivity index (χ0n) is 35.3. The predicted molar refractivity (Wildman–Crippen MR) is 229 cm³/mol. The molecule has 4 aromatic rings. The number of carbonyl (C=O) groups is 4. The third-order valence-corrected chi connectivity index (χ3v) is 14.0. The summed E-state index contributed by atoms with van der Waals surface area (Å²) < 4.78 is 9.65. The number of methoxy groups -OCH3 is 2. The number of fused-ring (bicyclic) bond motifs is 6. The lowest BCUT2D eigenvalue weighted by Crippen LogP contribution is -2.57. The molecule has 3 N–H and O–H groups in total. The smallest absolute Gasteiger partial charge is 0.407 e. The van der Waals surface area contributed by atoms with E-state index in [1.165, 1.54) is 14.2 Å². The monoisotopic (exact) mass is 813 g/mol. The fourth-order valence-electron chi connectivity index (χ4n) is 10.9. The SMILES string of the molecule is COC(=O)N[C@H](C(=O)N1C[C@@]2(c3nc4ccc(-c5ccc(-c6ccc7c(c6)CC([C@@H]6[C@H]8CC[C@H](C8)N6C(=O)[C@@H](NC(=O)OC)C(C)C)=N7)cc5)cc4[nH]3)CC[C@@H]1C2)C(C)C. The van der Waals surface area contributed by atoms with Crippen LogP contribution in [0, 0.1) is 17.8 Å². The molecule has 4 heterocycles. The number of amides is 4. The number of nitrogens with one attached hydrogen (secondary N) is 3. The second-order valence-corrected chi connectivity index (χ2v) is 18.3. The molecule has 314 valence electrons. The molecule has 1 aromatic heterocycles. The van der Waals surface area contributed by atoms with E-state index in [-0.39, 0.29) is 47.2 Å². The van der Waals surface area contributed by atoms with Crippen molar-refractivity contribution in [2.75, 3.05) is 20.8 Å². The fourth-order valence-corrected chi connectivity index (χ4v) is 10.9. The number of carbonyl (C=O) groups excluding carboxylic acids is 4. The van der Waals surface area contributed by atoms with E-state index >= 15 is 0 Å². The maximum atomic E-state index is 14.1. The predicted octanol–water partition coefficient (Wildman–Crippen LogP) is 7.30. The second-order valence-electron chi connectivity index (χ2n) is 18.3. The number of benzene rings is 3. The highest BCUT2D eigenvalue weighted by Crippen LogP contribution is 2.50. The van der Waals surface area contributed by atoms with E-state index in [1.807, 2.05) is 37.5 Å². The molecule has 5 aliphatic rings. The van der Waals surface area contributed by atoms with Gasteiger partial charge in [-0.1, -0.05) is 64.1 Å². The van der Waals surface area contributed by atoms with E-state index in [0.717, 1.165) is 94.6 Å². The molecule has 4 amide bonds. The third-order valence-electron chi connectivity index (χ3n) is 14.0. The molecule has 0 radical (unpaired) electrons. The average molecular weight is 814 g/mol. The summed E-state index contributed by atoms with van der Waals surface area (Å²) in [5.41, 5.74) is 9.19. The third kappa shape index (κ3) is 6.89. The van der Waals surface area contributed by atoms with Crippen molar-refractivity contribution in [3.05, 3.63) is 72.1 Å². The molecule has 60 heavy (non-hydrogen) atoms. The van der Waals surface area contributed by atoms with Crippen LogP contribution < -0.4 is 10.6 Å². The molecule has 4 fully saturated rings. The molecule has 2 saturated heterocycles. The lowest BCUT2D eigenvalue weighted by molar-refractivity contribution is -0.137. The normalized spacial score (nSPS) is 24.8. The first kappa shape index (κ1) is 39.7. The lowest BCUT2D eigenvalue weighted by Gasteiger charge is -2.38. The van der Waals surface area contributed by atoms with Crippen LogP contribution in [-0.4, -0.2) is 100 Å². The molecule has 2 saturated carbocycles. The summed E-state index contributed by atoms with van der Waals surface area (Å²) in [5.74, 6) is 1.02. The summed E-state index contributed by atoms with van der Waals surface area (Å²) in [6, 6.07) is 20.3. The highest BCUT2D eigenvalue weighted by Gasteiger charge is 2.55. The zero-order valence-corrected chi connectivity index (χ0v) is 35.3. The quantitative estimate of drug-likeness (QED) is 0.152. The minimum atomic E-state index is -0.656. The Bertz CT molecular complexity index is 2390. The van der Waals surface area contributed by atoms with E-state index in [2.05, 4.69) is 76.3 Å². The number of hydrogen-bond donors (Lipinski definition) is 3. The Balaban J connectivity index is 0.888. The molecular weight excluding hydrogens is 759 g/mol. The van der Waals surface area contributed by atoms with Crippen molar-refractivity contribution in [2.45, 2.75) is 108 Å². The molecule has 13 nitrogen and oxygen atoms in total. The number of rotatable bonds is 10. The van der Waals surface area contributed by atoms with Crippen LogP contribution in [0.5, 0.6) is 0 Å². The highest BCUT2D eigenvalue weighted by molar-refractivity contribution is 6.02. The van der Waals surface area contributed by atoms with Crippen LogP contribution in [0.4, 0.5) is 15.3 Å². The minimum Gasteiger partial charge on any atom is -0.453 e. The molecule has 4 bridgehead atoms. The Morgan fingerprint density at radius 1 is 0.783 bits per heavy atom. The average Bonchev–Trinajstić information content (AvgIpc) is 4.12. The van der Waals surface area contributed by atoms with E-state index in [4.69, 9.17) is 19.5 Å². The Hall–Kier alpha value is -5.72. The first-order valence-electron chi connectivity index (χ1n) is 21.5. The number of H-pyrrole nitrogens is 1. The van der Waals surface area contributed by atoms with Crippen LogP contribution in [0.15, 0.2) is 65.7 Å². The number of nitrogens with zero attached hydrogens (tertiary/aromatic N) is 4. The number of aromatic nitrogens is 2. The number of alkyl carbamates (subject to hydrolysis) is 2. The number of hydrogen-bond acceptors (Lipinski definition) is 8. The highest BCUT2D eigenvalue weighted by atomic mass is 16.5. The van der Waals surface area contributed by atoms with Gasteiger partial charge in [-0.15, -0.1) is 0 Å². The number of aliphatic imine (C=N–C) groups is 1. The van der Waals surface area contributed by atoms with Crippen molar-refractivity contribution in [2.24, 2.45) is 22.7 Å². The lowest BCUT2D eigenvalue weighted by atomic mass is 9.86. The van der Waals surface area contributed by atoms with Gasteiger partial charge < -0.3 is 34.9 Å². The molecular formula is C47H55N7O6. The Labute approximate surface area is 350 Å². The summed E-state index contributed by atoms with van der Waals surface area (Å²) in [6.07, 6.45) is 5.25. The molecule has 3 aliphatic heterocycles. The van der Waals surface area contributed by atoms with Crippen LogP contribution in [-0.2, 0) is 30.9 Å². The molecule has 9 rings (SSSR count). The number of imidazole rings is 1. The number of likely N-dealkylation sites (tertiary alicyclic amines) is 2. The van der Waals surface area contributed by atoms with Crippen molar-refractivity contribution in [3.63, 3.8) is 0 Å². The Morgan fingerprint density at radius 3 is 2.08 bits per heavy atom. The number of ether oxygens (including phenoxy) is 2. The molecule has 0 spiro atoms. The van der Waals surface area contributed by atoms with Gasteiger partial charge in [-0.05, 0) is 108 Å². The van der Waals surface area contributed by atoms with Gasteiger partial charge in [0.2, 0.25) is 11.8 Å². The van der Waals surface area contributed by atoms with Gasteiger partial charge in [0.1, 0.15) is 17.9 Å². The van der Waals surface area contributed by atoms with Gasteiger partial charge in [0.15, 0.2) is 0 Å². The van der Waals surface area contributed by atoms with Crippen molar-refractivity contribution in [1.82, 2.24) is 30.4 Å². The van der Waals surface area contributed by atoms with Gasteiger partial charge in [0.05, 0.1) is 37.0 Å². The number of aromatic amines is 1. The summed E-state index contributed by atoms with van der Waals surface area (Å²) in [4.78, 5) is 69.8. The maximum Gasteiger partial charge on any atom is 0.407 e. The van der Waals surface area contributed by atoms with Crippen molar-refractivity contribution in [1.29, 1.82) is 0 Å². The van der Waals surface area contributed by atoms with Gasteiger partial charge in [0.25, 0.3) is 0 Å². The summed E-state index contributed by atoms with van der Waals surface area (Å²) in [6.45, 7) is 8.33. The van der Waals surface area contributed by atoms with Gasteiger partial charge in [-0.2, -0.15) is 0 Å². The van der Waals surface area contributed by atoms with Gasteiger partial charge in [0, 0.05) is 36.2 Å². The second kappa shape index (κ2) is 15.4. The zero-order chi connectivity index (χ0) is 42.0. The summed E-state index contributed by atoms with van der Waals surface area (Å²) in [7, 11) is 2.63. The molecule has 3 aromatic carbocycles. The van der Waals surface area contributed by atoms with E-state index in [9.17, 15) is 19.2 Å². The van der Waals surface area contributed by atoms with Crippen LogP contribution in [0.1, 0.15) is 77.6 Å². The fraction of sp³-hybridized carbons (Fsp3) is 0.489. The summed E-state index contributed by atoms with van der Waals surface area (Å²) in [5, 5.41) is 5.54. The topological polar surface area (TPSA) is 158 Å². The van der Waals surface area contributed by atoms with E-state index < -0.39 is 24.3 Å². The van der Waals surface area contributed by atoms with Crippen molar-refractivity contribution < 1.29 is 28.7 Å². The molecule has 2 aliphatic carbocycles. The van der Waals surface area contributed by atoms with Crippen LogP contribution in [0.3, 0.4) is 0 Å². The maximum absolute atomic E-state index is 14.1. The largest absolute Gasteiger partial charge is 0.453 e. The Morgan fingerprint density at radius 2 is 1.42 bits per heavy atom. The van der Waals surface area contributed by atoms with Crippen LogP contribution in [0.2, 0.25) is 0 Å². The number of piperidine rings is 2. The van der Waals surface area contributed by atoms with E-state index in [1.54, 1.807) is 0 Å². The van der Waals surface area contributed by atoms with Gasteiger partial charge in [-0.25, -0.2) is 14.6 Å². The van der Waals surface area contributed by atoms with Gasteiger partial charge >= 0.3 is 12.2 Å². The van der Waals surface area contributed by atoms with E-state index in [0.29, 0.717) is 18.9 Å². The van der Waals surface area contributed by atoms with Crippen LogP contribution in [0.25, 0.3) is 33.3 Å². The Kier molecular flexibility index (Phi) is 10.2. The van der Waals surface area contributed by atoms with Gasteiger partial charge in [-0.3, -0.25) is 14.6 Å². The molecule has 7 atom stereocenters. The van der Waals surface area contributed by atoms with Crippen LogP contribution >= 0.6 is 0 Å². The molecule has 0 unspecified atom stereocenters. The molecule has 13 heteroatoms. The van der Waals surface area contributed by atoms with Crippen molar-refractivity contribution >= 4 is 46.4 Å². The standard InChI is InChI=1S/C47H55N7O6/c1-25(2)39(51-45(57)59-5)42(55)53-24-47(18-17-34(53)23-47)44-49-36-16-13-30(21-37(36)50-44)28-9-7-27(8-10-28)29-12-15-35-32(19-29)22-38(48-35)41-31-11-14-33(20-31)54(41)43(56)40(26(3)4)52-46(58)60-6/h7-10,12-13,15-16,19,21,25-26,31,33-34,39-41H,11,14,17-18,20,22-24H2,1-6H3,(H,49,50)(H,51,57)(H,52,58)/t31-,33+,34+,39-,40-,41-,47+/m0/s1. The van der Waals surface area contributed by atoms with Crippen molar-refractivity contribution in [3.8, 4) is 22.3 Å². The minimum absolute atomic E-state index is 0.0491. The summed E-state index contributed by atoms with van der Waals surface area (Å²) >= 11 is 0. The first-order chi connectivity index (χ1) is 28.9. The first-order valence-corrected chi connectivity index (χ1v) is 21.5.